The van der Waals surface area contributed by atoms with Crippen molar-refractivity contribution in [2.24, 2.45) is 0 Å². The van der Waals surface area contributed by atoms with Crippen LogP contribution in [0.25, 0.3) is 0 Å². The highest BCUT2D eigenvalue weighted by molar-refractivity contribution is 8.07. The van der Waals surface area contributed by atoms with E-state index in [4.69, 9.17) is 9.47 Å². The number of ether oxygens (including phenoxy) is 2. The molecule has 126 valence electrons. The van der Waals surface area contributed by atoms with Crippen molar-refractivity contribution in [1.29, 1.82) is 0 Å². The van der Waals surface area contributed by atoms with E-state index in [-0.39, 0.29) is 5.37 Å². The molecule has 2 aliphatic rings. The van der Waals surface area contributed by atoms with E-state index < -0.39 is 0 Å². The van der Waals surface area contributed by atoms with Crippen LogP contribution in [0.1, 0.15) is 30.1 Å². The monoisotopic (exact) mass is 362 g/mol. The molecule has 0 radical (unpaired) electrons. The van der Waals surface area contributed by atoms with Gasteiger partial charge in [-0.3, -0.25) is 5.01 Å². The van der Waals surface area contributed by atoms with Gasteiger partial charge in [-0.1, -0.05) is 24.8 Å². The van der Waals surface area contributed by atoms with Crippen LogP contribution in [0.5, 0.6) is 11.5 Å². The van der Waals surface area contributed by atoms with Crippen molar-refractivity contribution < 1.29 is 9.47 Å². The molecule has 0 saturated carbocycles. The number of nitrogens with zero attached hydrogens (tertiary/aromatic N) is 4. The Kier molecular flexibility index (Phi) is 4.09. The molecule has 1 aromatic carbocycles. The smallest absolute Gasteiger partial charge is 0.216 e. The fourth-order valence-corrected chi connectivity index (χ4v) is 5.13. The minimum atomic E-state index is 0.139. The Hall–Kier alpha value is -1.80. The van der Waals surface area contributed by atoms with Crippen LogP contribution < -0.4 is 14.5 Å². The summed E-state index contributed by atoms with van der Waals surface area (Å²) in [6, 6.07) is 6.08. The standard InChI is InChI=1S/C16H18N4O2S2/c1-4-5-13-17-18-16-19(13)20-14(24-16)9-23-15(20)10-6-7-11(21-2)12(8-10)22-3/h6-9,15H,4-5H2,1-3H3. The van der Waals surface area contributed by atoms with Crippen molar-refractivity contribution in [3.8, 4) is 11.5 Å². The number of hydrogen-bond acceptors (Lipinski definition) is 7. The van der Waals surface area contributed by atoms with Gasteiger partial charge in [0.2, 0.25) is 5.16 Å². The fraction of sp³-hybridized carbons (Fsp3) is 0.375. The largest absolute Gasteiger partial charge is 0.493 e. The van der Waals surface area contributed by atoms with Crippen LogP contribution >= 0.6 is 23.5 Å². The maximum atomic E-state index is 5.46. The van der Waals surface area contributed by atoms with Gasteiger partial charge < -0.3 is 9.47 Å². The van der Waals surface area contributed by atoms with Gasteiger partial charge in [-0.15, -0.1) is 10.2 Å². The van der Waals surface area contributed by atoms with E-state index in [2.05, 4.69) is 38.3 Å². The molecule has 2 aromatic rings. The Morgan fingerprint density at radius 1 is 1.17 bits per heavy atom. The Labute approximate surface area is 149 Å². The van der Waals surface area contributed by atoms with Crippen LogP contribution in [0.4, 0.5) is 0 Å². The first-order valence-corrected chi connectivity index (χ1v) is 9.52. The molecule has 1 aromatic heterocycles. The highest BCUT2D eigenvalue weighted by Crippen LogP contribution is 2.51. The molecule has 8 heteroatoms. The van der Waals surface area contributed by atoms with E-state index in [0.717, 1.165) is 40.9 Å². The van der Waals surface area contributed by atoms with E-state index in [9.17, 15) is 0 Å². The number of aromatic nitrogens is 3. The number of aryl methyl sites for hydroxylation is 1. The van der Waals surface area contributed by atoms with Crippen LogP contribution in [-0.2, 0) is 6.42 Å². The van der Waals surface area contributed by atoms with Crippen LogP contribution in [0.2, 0.25) is 0 Å². The Morgan fingerprint density at radius 3 is 2.75 bits per heavy atom. The number of thioether (sulfide) groups is 2. The van der Waals surface area contributed by atoms with E-state index >= 15 is 0 Å². The first kappa shape index (κ1) is 15.7. The zero-order valence-corrected chi connectivity index (χ0v) is 15.4. The third-order valence-corrected chi connectivity index (χ3v) is 6.19. The number of benzene rings is 1. The molecule has 1 atom stereocenters. The van der Waals surface area contributed by atoms with E-state index in [1.54, 1.807) is 37.7 Å². The summed E-state index contributed by atoms with van der Waals surface area (Å²) in [5, 5.41) is 15.4. The lowest BCUT2D eigenvalue weighted by Gasteiger charge is -2.26. The van der Waals surface area contributed by atoms with E-state index in [1.807, 2.05) is 12.1 Å². The third-order valence-electron chi connectivity index (χ3n) is 4.00. The average Bonchev–Trinajstić information content (AvgIpc) is 3.26. The van der Waals surface area contributed by atoms with Crippen LogP contribution in [0.15, 0.2) is 33.8 Å². The normalized spacial score (nSPS) is 18.4. The average molecular weight is 362 g/mol. The summed E-state index contributed by atoms with van der Waals surface area (Å²) in [7, 11) is 3.31. The van der Waals surface area contributed by atoms with Crippen LogP contribution in [0, 0.1) is 0 Å². The number of rotatable bonds is 5. The van der Waals surface area contributed by atoms with Crippen molar-refractivity contribution in [2.75, 3.05) is 19.2 Å². The highest BCUT2D eigenvalue weighted by Gasteiger charge is 2.39. The molecule has 24 heavy (non-hydrogen) atoms. The van der Waals surface area contributed by atoms with Gasteiger partial charge in [0.15, 0.2) is 17.3 Å². The molecule has 0 bridgehead atoms. The van der Waals surface area contributed by atoms with Crippen molar-refractivity contribution in [2.45, 2.75) is 30.3 Å². The lowest BCUT2D eigenvalue weighted by Crippen LogP contribution is -2.30. The van der Waals surface area contributed by atoms with Crippen molar-refractivity contribution in [1.82, 2.24) is 14.9 Å². The molecule has 0 aliphatic carbocycles. The third kappa shape index (κ3) is 2.36. The topological polar surface area (TPSA) is 52.4 Å². The Bertz CT molecular complexity index is 805. The van der Waals surface area contributed by atoms with Gasteiger partial charge in [0.1, 0.15) is 10.4 Å². The molecule has 4 rings (SSSR count). The minimum absolute atomic E-state index is 0.139. The van der Waals surface area contributed by atoms with Gasteiger partial charge in [0.25, 0.3) is 0 Å². The van der Waals surface area contributed by atoms with E-state index in [1.165, 1.54) is 5.03 Å². The summed E-state index contributed by atoms with van der Waals surface area (Å²) in [5.74, 6) is 2.50. The van der Waals surface area contributed by atoms with Gasteiger partial charge in [-0.25, -0.2) is 4.68 Å². The number of hydrogen-bond donors (Lipinski definition) is 0. The zero-order chi connectivity index (χ0) is 16.7. The SMILES string of the molecule is CCCc1nnc2n1N1C(=CSC1c1ccc(OC)c(OC)c1)S2. The summed E-state index contributed by atoms with van der Waals surface area (Å²) in [4.78, 5) is 0. The lowest BCUT2D eigenvalue weighted by molar-refractivity contribution is 0.354. The molecular formula is C16H18N4O2S2. The maximum Gasteiger partial charge on any atom is 0.216 e. The summed E-state index contributed by atoms with van der Waals surface area (Å²) >= 11 is 3.45. The van der Waals surface area contributed by atoms with Gasteiger partial charge in [-0.2, -0.15) is 0 Å². The molecular weight excluding hydrogens is 344 g/mol. The van der Waals surface area contributed by atoms with Gasteiger partial charge in [0.05, 0.1) is 14.2 Å². The molecule has 0 amide bonds. The molecule has 0 fully saturated rings. The predicted octanol–water partition coefficient (Wildman–Crippen LogP) is 3.54. The number of fused-ring (bicyclic) bond motifs is 3. The van der Waals surface area contributed by atoms with Crippen LogP contribution in [-0.4, -0.2) is 29.1 Å². The second-order valence-corrected chi connectivity index (χ2v) is 7.41. The van der Waals surface area contributed by atoms with Crippen LogP contribution in [0.3, 0.4) is 0 Å². The second kappa shape index (κ2) is 6.25. The van der Waals surface area contributed by atoms with E-state index in [0.29, 0.717) is 0 Å². The molecule has 0 saturated heterocycles. The first-order valence-electron chi connectivity index (χ1n) is 7.76. The molecule has 0 spiro atoms. The van der Waals surface area contributed by atoms with Gasteiger partial charge in [0, 0.05) is 11.8 Å². The molecule has 1 unspecified atom stereocenters. The minimum Gasteiger partial charge on any atom is -0.493 e. The summed E-state index contributed by atoms with van der Waals surface area (Å²) in [5.41, 5.74) is 1.16. The molecule has 6 nitrogen and oxygen atoms in total. The number of methoxy groups -OCH3 is 2. The summed E-state index contributed by atoms with van der Waals surface area (Å²) in [6.07, 6.45) is 1.96. The van der Waals surface area contributed by atoms with Crippen molar-refractivity contribution in [3.05, 3.63) is 40.0 Å². The fourth-order valence-electron chi connectivity index (χ4n) is 2.90. The second-order valence-electron chi connectivity index (χ2n) is 5.47. The Morgan fingerprint density at radius 2 is 2.00 bits per heavy atom. The Balaban J connectivity index is 1.72. The predicted molar refractivity (Wildman–Crippen MR) is 96.1 cm³/mol. The molecule has 0 N–H and O–H groups in total. The van der Waals surface area contributed by atoms with Crippen molar-refractivity contribution >= 4 is 23.5 Å². The van der Waals surface area contributed by atoms with Gasteiger partial charge in [-0.05, 0) is 35.9 Å². The molecule has 3 heterocycles. The molecule has 2 aliphatic heterocycles. The highest BCUT2D eigenvalue weighted by atomic mass is 32.2. The zero-order valence-electron chi connectivity index (χ0n) is 13.7. The quantitative estimate of drug-likeness (QED) is 0.806. The first-order chi connectivity index (χ1) is 11.8. The summed E-state index contributed by atoms with van der Waals surface area (Å²) < 4.78 is 13.0. The van der Waals surface area contributed by atoms with Gasteiger partial charge >= 0.3 is 0 Å². The maximum absolute atomic E-state index is 5.46. The summed E-state index contributed by atoms with van der Waals surface area (Å²) in [6.45, 7) is 2.16. The lowest BCUT2D eigenvalue weighted by atomic mass is 10.2. The van der Waals surface area contributed by atoms with Crippen molar-refractivity contribution in [3.63, 3.8) is 0 Å².